The SMILES string of the molecule is CC1CCCN1C1CCN(c2cc(C(F)(F)F)nc3ncnn23)CC1. The lowest BCUT2D eigenvalue weighted by Gasteiger charge is -2.39. The standard InChI is InChI=1S/C16H21F3N6/c1-11-3-2-6-24(11)12-4-7-23(8-5-12)14-9-13(16(17,18)19)22-15-20-10-21-25(14)15/h9-12H,2-8H2,1H3. The number of hydrogen-bond acceptors (Lipinski definition) is 5. The van der Waals surface area contributed by atoms with Crippen molar-refractivity contribution in [3.63, 3.8) is 0 Å². The predicted octanol–water partition coefficient (Wildman–Crippen LogP) is 2.60. The maximum Gasteiger partial charge on any atom is 0.433 e. The average Bonchev–Trinajstić information content (AvgIpc) is 3.22. The van der Waals surface area contributed by atoms with Gasteiger partial charge in [0.1, 0.15) is 12.1 Å². The molecule has 2 aliphatic rings. The Morgan fingerprint density at radius 3 is 2.52 bits per heavy atom. The first kappa shape index (κ1) is 16.6. The Bertz CT molecular complexity index is 750. The molecule has 0 N–H and O–H groups in total. The second kappa shape index (κ2) is 6.12. The van der Waals surface area contributed by atoms with E-state index in [1.807, 2.05) is 4.90 Å². The Balaban J connectivity index is 1.57. The van der Waals surface area contributed by atoms with E-state index in [9.17, 15) is 13.2 Å². The first-order valence-corrected chi connectivity index (χ1v) is 8.72. The van der Waals surface area contributed by atoms with E-state index in [1.54, 1.807) is 0 Å². The topological polar surface area (TPSA) is 49.6 Å². The zero-order valence-electron chi connectivity index (χ0n) is 14.1. The molecule has 1 atom stereocenters. The summed E-state index contributed by atoms with van der Waals surface area (Å²) in [6.45, 7) is 4.82. The number of anilines is 1. The molecule has 6 nitrogen and oxygen atoms in total. The molecule has 0 radical (unpaired) electrons. The number of piperidine rings is 1. The van der Waals surface area contributed by atoms with Crippen molar-refractivity contribution in [3.8, 4) is 0 Å². The van der Waals surface area contributed by atoms with E-state index in [0.29, 0.717) is 31.0 Å². The van der Waals surface area contributed by atoms with Crippen molar-refractivity contribution >= 4 is 11.6 Å². The Hall–Kier alpha value is -1.90. The molecule has 2 fully saturated rings. The molecule has 0 aromatic carbocycles. The highest BCUT2D eigenvalue weighted by Crippen LogP contribution is 2.32. The van der Waals surface area contributed by atoms with Gasteiger partial charge in [-0.25, -0.2) is 4.98 Å². The van der Waals surface area contributed by atoms with Crippen LogP contribution in [0.1, 0.15) is 38.3 Å². The summed E-state index contributed by atoms with van der Waals surface area (Å²) in [5.41, 5.74) is -0.918. The fraction of sp³-hybridized carbons (Fsp3) is 0.688. The summed E-state index contributed by atoms with van der Waals surface area (Å²) in [7, 11) is 0. The van der Waals surface area contributed by atoms with Gasteiger partial charge in [-0.3, -0.25) is 4.90 Å². The zero-order chi connectivity index (χ0) is 17.6. The van der Waals surface area contributed by atoms with Gasteiger partial charge >= 0.3 is 6.18 Å². The molecule has 2 aromatic heterocycles. The van der Waals surface area contributed by atoms with Gasteiger partial charge in [-0.1, -0.05) is 0 Å². The zero-order valence-corrected chi connectivity index (χ0v) is 14.1. The van der Waals surface area contributed by atoms with Crippen molar-refractivity contribution in [1.82, 2.24) is 24.5 Å². The van der Waals surface area contributed by atoms with Crippen LogP contribution >= 0.6 is 0 Å². The number of hydrogen-bond donors (Lipinski definition) is 0. The lowest BCUT2D eigenvalue weighted by molar-refractivity contribution is -0.141. The Labute approximate surface area is 143 Å². The number of halogens is 3. The molecule has 25 heavy (non-hydrogen) atoms. The molecule has 0 aliphatic carbocycles. The van der Waals surface area contributed by atoms with Crippen molar-refractivity contribution in [1.29, 1.82) is 0 Å². The predicted molar refractivity (Wildman–Crippen MR) is 86.4 cm³/mol. The quantitative estimate of drug-likeness (QED) is 0.830. The van der Waals surface area contributed by atoms with E-state index in [4.69, 9.17) is 0 Å². The van der Waals surface area contributed by atoms with E-state index in [0.717, 1.165) is 25.5 Å². The van der Waals surface area contributed by atoms with Crippen LogP contribution in [0.15, 0.2) is 12.4 Å². The van der Waals surface area contributed by atoms with E-state index in [2.05, 4.69) is 26.9 Å². The number of alkyl halides is 3. The minimum atomic E-state index is -4.49. The molecule has 0 amide bonds. The van der Waals surface area contributed by atoms with E-state index in [1.165, 1.54) is 23.7 Å². The Morgan fingerprint density at radius 2 is 1.88 bits per heavy atom. The largest absolute Gasteiger partial charge is 0.433 e. The second-order valence-electron chi connectivity index (χ2n) is 6.92. The van der Waals surface area contributed by atoms with Gasteiger partial charge in [0.2, 0.25) is 0 Å². The lowest BCUT2D eigenvalue weighted by atomic mass is 10.0. The van der Waals surface area contributed by atoms with E-state index in [-0.39, 0.29) is 5.78 Å². The van der Waals surface area contributed by atoms with E-state index < -0.39 is 11.9 Å². The molecule has 0 spiro atoms. The van der Waals surface area contributed by atoms with Crippen molar-refractivity contribution < 1.29 is 13.2 Å². The fourth-order valence-electron chi connectivity index (χ4n) is 4.09. The van der Waals surface area contributed by atoms with Gasteiger partial charge in [0.05, 0.1) is 0 Å². The number of nitrogens with zero attached hydrogens (tertiary/aromatic N) is 6. The van der Waals surface area contributed by atoms with Gasteiger partial charge in [0, 0.05) is 31.2 Å². The molecular formula is C16H21F3N6. The molecule has 0 saturated carbocycles. The summed E-state index contributed by atoms with van der Waals surface area (Å²) in [5, 5.41) is 4.05. The summed E-state index contributed by atoms with van der Waals surface area (Å²) in [6, 6.07) is 2.21. The smallest absolute Gasteiger partial charge is 0.356 e. The fourth-order valence-corrected chi connectivity index (χ4v) is 4.09. The summed E-state index contributed by atoms with van der Waals surface area (Å²) < 4.78 is 40.8. The molecule has 4 heterocycles. The van der Waals surface area contributed by atoms with Crippen molar-refractivity contribution in [2.45, 2.75) is 50.9 Å². The summed E-state index contributed by atoms with van der Waals surface area (Å²) in [5.74, 6) is 0.405. The average molecular weight is 354 g/mol. The second-order valence-corrected chi connectivity index (χ2v) is 6.92. The molecule has 0 bridgehead atoms. The first-order valence-electron chi connectivity index (χ1n) is 8.72. The molecule has 9 heteroatoms. The van der Waals surface area contributed by atoms with Gasteiger partial charge < -0.3 is 4.90 Å². The van der Waals surface area contributed by atoms with Crippen LogP contribution in [0.3, 0.4) is 0 Å². The Morgan fingerprint density at radius 1 is 1.12 bits per heavy atom. The highest BCUT2D eigenvalue weighted by atomic mass is 19.4. The van der Waals surface area contributed by atoms with E-state index >= 15 is 0 Å². The molecule has 136 valence electrons. The number of likely N-dealkylation sites (tertiary alicyclic amines) is 1. The maximum atomic E-state index is 13.1. The van der Waals surface area contributed by atoms with Gasteiger partial charge in [-0.2, -0.15) is 27.8 Å². The van der Waals surface area contributed by atoms with Gasteiger partial charge in [0.25, 0.3) is 5.78 Å². The molecule has 2 saturated heterocycles. The van der Waals surface area contributed by atoms with Gasteiger partial charge in [0.15, 0.2) is 5.69 Å². The summed E-state index contributed by atoms with van der Waals surface area (Å²) >= 11 is 0. The van der Waals surface area contributed by atoms with Crippen molar-refractivity contribution in [3.05, 3.63) is 18.1 Å². The molecule has 2 aliphatic heterocycles. The third-order valence-corrected chi connectivity index (χ3v) is 5.39. The van der Waals surface area contributed by atoms with Crippen LogP contribution in [-0.2, 0) is 6.18 Å². The van der Waals surface area contributed by atoms with Crippen molar-refractivity contribution in [2.75, 3.05) is 24.5 Å². The van der Waals surface area contributed by atoms with Crippen LogP contribution in [0.5, 0.6) is 0 Å². The Kier molecular flexibility index (Phi) is 4.05. The number of fused-ring (bicyclic) bond motifs is 1. The molecule has 2 aromatic rings. The highest BCUT2D eigenvalue weighted by Gasteiger charge is 2.36. The third kappa shape index (κ3) is 3.05. The third-order valence-electron chi connectivity index (χ3n) is 5.39. The van der Waals surface area contributed by atoms with Crippen LogP contribution in [0.4, 0.5) is 19.0 Å². The van der Waals surface area contributed by atoms with Crippen LogP contribution in [-0.4, -0.2) is 56.2 Å². The summed E-state index contributed by atoms with van der Waals surface area (Å²) in [4.78, 5) is 11.9. The minimum absolute atomic E-state index is 0.0138. The molecular weight excluding hydrogens is 333 g/mol. The minimum Gasteiger partial charge on any atom is -0.356 e. The van der Waals surface area contributed by atoms with Crippen LogP contribution < -0.4 is 4.90 Å². The summed E-state index contributed by atoms with van der Waals surface area (Å²) in [6.07, 6.45) is 1.12. The number of rotatable bonds is 2. The number of aromatic nitrogens is 4. The maximum absolute atomic E-state index is 13.1. The van der Waals surface area contributed by atoms with Gasteiger partial charge in [-0.05, 0) is 39.2 Å². The molecule has 4 rings (SSSR count). The van der Waals surface area contributed by atoms with Crippen LogP contribution in [0.25, 0.3) is 5.78 Å². The molecule has 1 unspecified atom stereocenters. The monoisotopic (exact) mass is 354 g/mol. The van der Waals surface area contributed by atoms with Crippen molar-refractivity contribution in [2.24, 2.45) is 0 Å². The van der Waals surface area contributed by atoms with Crippen LogP contribution in [0, 0.1) is 0 Å². The normalized spacial score (nSPS) is 23.7. The lowest BCUT2D eigenvalue weighted by Crippen LogP contribution is -2.46. The first-order chi connectivity index (χ1) is 11.9. The van der Waals surface area contributed by atoms with Gasteiger partial charge in [-0.15, -0.1) is 0 Å². The van der Waals surface area contributed by atoms with Crippen LogP contribution in [0.2, 0.25) is 0 Å². The highest BCUT2D eigenvalue weighted by molar-refractivity contribution is 5.48.